The molecular weight excluding hydrogens is 528 g/mol. The quantitative estimate of drug-likeness (QED) is 0.274. The molecule has 198 valence electrons. The average Bonchev–Trinajstić information content (AvgIpc) is 2.95. The summed E-state index contributed by atoms with van der Waals surface area (Å²) >= 11 is 6.10. The number of nitrogens with two attached hydrogens (primary N) is 1. The van der Waals surface area contributed by atoms with Gasteiger partial charge in [0.1, 0.15) is 0 Å². The van der Waals surface area contributed by atoms with Crippen LogP contribution in [0.5, 0.6) is 0 Å². The van der Waals surface area contributed by atoms with Crippen molar-refractivity contribution in [1.29, 1.82) is 0 Å². The Morgan fingerprint density at radius 3 is 1.89 bits per heavy atom. The van der Waals surface area contributed by atoms with Gasteiger partial charge in [-0.15, -0.1) is 0 Å². The molecular formula is C24H25ClN2O9S. The summed E-state index contributed by atoms with van der Waals surface area (Å²) in [5, 5.41) is 35.4. The fraction of sp³-hybridized carbons (Fsp3) is 0.167. The van der Waals surface area contributed by atoms with Gasteiger partial charge in [0.15, 0.2) is 0 Å². The summed E-state index contributed by atoms with van der Waals surface area (Å²) in [6, 6.07) is 13.6. The maximum Gasteiger partial charge on any atom is 0.328 e. The van der Waals surface area contributed by atoms with Crippen molar-refractivity contribution in [2.45, 2.75) is 22.3 Å². The fourth-order valence-electron chi connectivity index (χ4n) is 3.00. The van der Waals surface area contributed by atoms with E-state index in [9.17, 15) is 23.4 Å². The first-order valence-electron chi connectivity index (χ1n) is 10.5. The Labute approximate surface area is 219 Å². The highest BCUT2D eigenvalue weighted by Crippen LogP contribution is 2.35. The van der Waals surface area contributed by atoms with Crippen LogP contribution in [0.15, 0.2) is 76.6 Å². The Morgan fingerprint density at radius 1 is 0.892 bits per heavy atom. The predicted molar refractivity (Wildman–Crippen MR) is 135 cm³/mol. The summed E-state index contributed by atoms with van der Waals surface area (Å²) in [7, 11) is -1.17. The molecule has 0 fully saturated rings. The molecule has 1 heterocycles. The third kappa shape index (κ3) is 11.6. The van der Waals surface area contributed by atoms with E-state index in [2.05, 4.69) is 5.32 Å². The molecule has 0 bridgehead atoms. The van der Waals surface area contributed by atoms with Gasteiger partial charge in [0.05, 0.1) is 10.8 Å². The second kappa shape index (κ2) is 16.0. The summed E-state index contributed by atoms with van der Waals surface area (Å²) in [6.45, 7) is 1.30. The Kier molecular flexibility index (Phi) is 13.5. The molecule has 0 saturated heterocycles. The van der Waals surface area contributed by atoms with Gasteiger partial charge < -0.3 is 31.5 Å². The maximum atomic E-state index is 12.9. The van der Waals surface area contributed by atoms with Crippen molar-refractivity contribution in [3.8, 4) is 0 Å². The first-order valence-corrected chi connectivity index (χ1v) is 12.0. The van der Waals surface area contributed by atoms with Crippen LogP contribution in [0.4, 0.5) is 0 Å². The number of carboxylic acid groups (broad SMARTS) is 4. The summed E-state index contributed by atoms with van der Waals surface area (Å²) < 4.78 is 12.9. The first kappa shape index (κ1) is 31.2. The minimum Gasteiger partial charge on any atom is -0.478 e. The number of rotatable bonds is 7. The molecule has 0 aromatic heterocycles. The van der Waals surface area contributed by atoms with Crippen molar-refractivity contribution in [3.63, 3.8) is 0 Å². The van der Waals surface area contributed by atoms with Gasteiger partial charge in [-0.1, -0.05) is 29.8 Å². The molecule has 0 saturated carbocycles. The van der Waals surface area contributed by atoms with E-state index in [4.69, 9.17) is 37.8 Å². The van der Waals surface area contributed by atoms with Gasteiger partial charge in [-0.3, -0.25) is 0 Å². The normalized spacial score (nSPS) is 15.7. The highest BCUT2D eigenvalue weighted by Gasteiger charge is 2.26. The standard InChI is InChI=1S/C16H17ClN2OS.2C4H4O4/c17-12-5-6-15-11(9-12)10-14(19-8-7-18)13-3-1-2-4-16(13)21(15)20;2*5-3(6)1-2-4(7)8/h1-6,9,14,19H,7-8,10,18H2;2*1-2H,(H,5,6)(H,7,8)/b;2*2-1-. The molecule has 2 aromatic rings. The lowest BCUT2D eigenvalue weighted by Gasteiger charge is -2.18. The van der Waals surface area contributed by atoms with Gasteiger partial charge in [-0.25, -0.2) is 23.4 Å². The molecule has 13 heteroatoms. The van der Waals surface area contributed by atoms with E-state index in [-0.39, 0.29) is 6.04 Å². The third-order valence-corrected chi connectivity index (χ3v) is 6.22. The van der Waals surface area contributed by atoms with Crippen molar-refractivity contribution < 1.29 is 43.8 Å². The van der Waals surface area contributed by atoms with E-state index in [1.807, 2.05) is 36.4 Å². The van der Waals surface area contributed by atoms with E-state index in [1.165, 1.54) is 0 Å². The van der Waals surface area contributed by atoms with Gasteiger partial charge in [-0.2, -0.15) is 0 Å². The molecule has 0 radical (unpaired) electrons. The molecule has 11 nitrogen and oxygen atoms in total. The minimum atomic E-state index is -1.26. The Balaban J connectivity index is 0.000000355. The molecule has 2 unspecified atom stereocenters. The van der Waals surface area contributed by atoms with Crippen LogP contribution in [-0.4, -0.2) is 61.6 Å². The molecule has 2 aromatic carbocycles. The molecule has 1 aliphatic rings. The second-order valence-corrected chi connectivity index (χ2v) is 8.93. The number of hydrogen-bond donors (Lipinski definition) is 6. The maximum absolute atomic E-state index is 12.9. The molecule has 0 amide bonds. The lowest BCUT2D eigenvalue weighted by atomic mass is 9.99. The number of carboxylic acids is 4. The fourth-order valence-corrected chi connectivity index (χ4v) is 4.63. The highest BCUT2D eigenvalue weighted by atomic mass is 35.5. The molecule has 0 spiro atoms. The Hall–Kier alpha value is -3.84. The predicted octanol–water partition coefficient (Wildman–Crippen LogP) is 2.08. The third-order valence-electron chi connectivity index (χ3n) is 4.41. The molecule has 37 heavy (non-hydrogen) atoms. The zero-order valence-corrected chi connectivity index (χ0v) is 20.8. The number of carbonyl (C=O) groups is 4. The summed E-state index contributed by atoms with van der Waals surface area (Å²) in [4.78, 5) is 39.9. The summed E-state index contributed by atoms with van der Waals surface area (Å²) in [5.74, 6) is -5.03. The Morgan fingerprint density at radius 2 is 1.41 bits per heavy atom. The first-order chi connectivity index (χ1) is 17.5. The summed E-state index contributed by atoms with van der Waals surface area (Å²) in [6.07, 6.45) is 2.99. The van der Waals surface area contributed by atoms with Gasteiger partial charge in [0.2, 0.25) is 0 Å². The van der Waals surface area contributed by atoms with Gasteiger partial charge in [0, 0.05) is 58.2 Å². The Bertz CT molecular complexity index is 1150. The van der Waals surface area contributed by atoms with Crippen LogP contribution in [0, 0.1) is 0 Å². The summed E-state index contributed by atoms with van der Waals surface area (Å²) in [5.41, 5.74) is 7.72. The van der Waals surface area contributed by atoms with Crippen molar-refractivity contribution in [2.24, 2.45) is 5.73 Å². The van der Waals surface area contributed by atoms with Crippen LogP contribution in [0.1, 0.15) is 17.2 Å². The van der Waals surface area contributed by atoms with Crippen LogP contribution >= 0.6 is 11.6 Å². The molecule has 7 N–H and O–H groups in total. The average molecular weight is 553 g/mol. The van der Waals surface area contributed by atoms with Crippen molar-refractivity contribution in [3.05, 3.63) is 82.9 Å². The van der Waals surface area contributed by atoms with Crippen LogP contribution in [0.2, 0.25) is 5.02 Å². The lowest BCUT2D eigenvalue weighted by Crippen LogP contribution is -2.28. The van der Waals surface area contributed by atoms with Crippen LogP contribution < -0.4 is 11.1 Å². The number of halogens is 1. The van der Waals surface area contributed by atoms with E-state index >= 15 is 0 Å². The number of fused-ring (bicyclic) bond motifs is 2. The van der Waals surface area contributed by atoms with Gasteiger partial charge >= 0.3 is 23.9 Å². The molecule has 0 aliphatic carbocycles. The van der Waals surface area contributed by atoms with Crippen molar-refractivity contribution >= 4 is 46.3 Å². The van der Waals surface area contributed by atoms with Crippen LogP contribution in [-0.2, 0) is 36.4 Å². The smallest absolute Gasteiger partial charge is 0.328 e. The lowest BCUT2D eigenvalue weighted by molar-refractivity contribution is -0.134. The topological polar surface area (TPSA) is 204 Å². The molecule has 3 rings (SSSR count). The van der Waals surface area contributed by atoms with Crippen molar-refractivity contribution in [1.82, 2.24) is 5.32 Å². The van der Waals surface area contributed by atoms with Crippen molar-refractivity contribution in [2.75, 3.05) is 13.1 Å². The van der Waals surface area contributed by atoms with Crippen LogP contribution in [0.3, 0.4) is 0 Å². The number of benzene rings is 2. The highest BCUT2D eigenvalue weighted by molar-refractivity contribution is 7.85. The largest absolute Gasteiger partial charge is 0.478 e. The number of nitrogens with one attached hydrogen (secondary N) is 1. The minimum absolute atomic E-state index is 0.105. The van der Waals surface area contributed by atoms with Crippen LogP contribution in [0.25, 0.3) is 0 Å². The van der Waals surface area contributed by atoms with Gasteiger partial charge in [-0.05, 0) is 41.8 Å². The van der Waals surface area contributed by atoms with Gasteiger partial charge in [0.25, 0.3) is 0 Å². The SMILES string of the molecule is NCCNC1Cc2cc(Cl)ccc2S(=O)c2ccccc21.O=C(O)/C=C\C(=O)O.O=C(O)/C=C\C(=O)O. The number of aliphatic carboxylic acids is 4. The van der Waals surface area contributed by atoms with E-state index in [1.54, 1.807) is 6.07 Å². The monoisotopic (exact) mass is 552 g/mol. The second-order valence-electron chi connectivity index (χ2n) is 7.08. The van der Waals surface area contributed by atoms with E-state index in [0.29, 0.717) is 35.9 Å². The number of hydrogen-bond acceptors (Lipinski definition) is 7. The molecule has 2 atom stereocenters. The zero-order chi connectivity index (χ0) is 28.0. The zero-order valence-electron chi connectivity index (χ0n) is 19.2. The molecule has 1 aliphatic heterocycles. The van der Waals surface area contributed by atoms with E-state index < -0.39 is 34.7 Å². The van der Waals surface area contributed by atoms with E-state index in [0.717, 1.165) is 33.9 Å².